The lowest BCUT2D eigenvalue weighted by molar-refractivity contribution is 0.154. The lowest BCUT2D eigenvalue weighted by atomic mass is 10.0. The van der Waals surface area contributed by atoms with E-state index in [1.165, 1.54) is 0 Å². The van der Waals surface area contributed by atoms with Gasteiger partial charge in [0.1, 0.15) is 0 Å². The zero-order valence-corrected chi connectivity index (χ0v) is 9.48. The third-order valence-electron chi connectivity index (χ3n) is 1.94. The molecule has 1 atom stereocenters. The van der Waals surface area contributed by atoms with E-state index >= 15 is 0 Å². The largest absolute Gasteiger partial charge is 0.387 e. The van der Waals surface area contributed by atoms with Crippen molar-refractivity contribution >= 4 is 11.3 Å². The van der Waals surface area contributed by atoms with Gasteiger partial charge in [0.05, 0.1) is 21.7 Å². The number of thiazole rings is 1. The minimum Gasteiger partial charge on any atom is -0.387 e. The van der Waals surface area contributed by atoms with Gasteiger partial charge >= 0.3 is 0 Å². The summed E-state index contributed by atoms with van der Waals surface area (Å²) in [7, 11) is 0. The van der Waals surface area contributed by atoms with Crippen LogP contribution in [-0.2, 0) is 0 Å². The molecule has 0 aliphatic rings. The molecule has 0 saturated heterocycles. The van der Waals surface area contributed by atoms with Crippen molar-refractivity contribution < 1.29 is 5.11 Å². The first kappa shape index (κ1) is 10.7. The highest BCUT2D eigenvalue weighted by molar-refractivity contribution is 7.11. The van der Waals surface area contributed by atoms with Crippen molar-refractivity contribution in [3.63, 3.8) is 0 Å². The average Bonchev–Trinajstić information content (AvgIpc) is 2.28. The van der Waals surface area contributed by atoms with Crippen LogP contribution >= 0.6 is 11.3 Å². The van der Waals surface area contributed by atoms with Crippen LogP contribution in [0.1, 0.15) is 42.0 Å². The van der Waals surface area contributed by atoms with Crippen molar-refractivity contribution in [1.82, 2.24) is 4.98 Å². The van der Waals surface area contributed by atoms with Crippen LogP contribution < -0.4 is 0 Å². The Morgan fingerprint density at radius 2 is 2.00 bits per heavy atom. The maximum absolute atomic E-state index is 9.86. The van der Waals surface area contributed by atoms with Crippen LogP contribution in [0, 0.1) is 19.8 Å². The number of aliphatic hydroxyl groups is 1. The third kappa shape index (κ3) is 2.78. The number of nitrogens with zero attached hydrogens (tertiary/aromatic N) is 1. The molecule has 0 fully saturated rings. The van der Waals surface area contributed by atoms with E-state index in [0.29, 0.717) is 5.92 Å². The van der Waals surface area contributed by atoms with Crippen LogP contribution in [0.15, 0.2) is 0 Å². The number of aromatic nitrogens is 1. The molecule has 0 amide bonds. The van der Waals surface area contributed by atoms with E-state index < -0.39 is 0 Å². The summed E-state index contributed by atoms with van der Waals surface area (Å²) >= 11 is 1.60. The van der Waals surface area contributed by atoms with Gasteiger partial charge in [-0.15, -0.1) is 11.3 Å². The number of aryl methyl sites for hydroxylation is 2. The molecular formula is C10H17NOS. The Labute approximate surface area is 83.6 Å². The van der Waals surface area contributed by atoms with Gasteiger partial charge in [-0.3, -0.25) is 0 Å². The minimum absolute atomic E-state index is 0.328. The van der Waals surface area contributed by atoms with Crippen LogP contribution in [0.2, 0.25) is 0 Å². The second-order valence-electron chi connectivity index (χ2n) is 3.83. The summed E-state index contributed by atoms with van der Waals surface area (Å²) in [5.74, 6) is 0.525. The molecule has 0 saturated carbocycles. The maximum Gasteiger partial charge on any atom is 0.0903 e. The molecule has 1 unspecified atom stereocenters. The molecule has 0 aliphatic carbocycles. The van der Waals surface area contributed by atoms with Gasteiger partial charge in [-0.25, -0.2) is 4.98 Å². The summed E-state index contributed by atoms with van der Waals surface area (Å²) in [6.07, 6.45) is 0.494. The molecule has 1 N–H and O–H groups in total. The molecule has 74 valence electrons. The van der Waals surface area contributed by atoms with Crippen LogP contribution in [0.5, 0.6) is 0 Å². The molecule has 0 aliphatic heterocycles. The van der Waals surface area contributed by atoms with Crippen LogP contribution in [0.3, 0.4) is 0 Å². The standard InChI is InChI=1S/C10H17NOS/c1-6(2)5-9(12)10-7(3)11-8(4)13-10/h6,9,12H,5H2,1-4H3. The van der Waals surface area contributed by atoms with Gasteiger partial charge in [0.25, 0.3) is 0 Å². The molecule has 2 nitrogen and oxygen atoms in total. The van der Waals surface area contributed by atoms with Gasteiger partial charge in [0, 0.05) is 0 Å². The Hall–Kier alpha value is -0.410. The third-order valence-corrected chi connectivity index (χ3v) is 3.11. The summed E-state index contributed by atoms with van der Waals surface area (Å²) in [5, 5.41) is 10.9. The van der Waals surface area contributed by atoms with E-state index in [2.05, 4.69) is 18.8 Å². The Balaban J connectivity index is 2.76. The van der Waals surface area contributed by atoms with E-state index in [4.69, 9.17) is 0 Å². The van der Waals surface area contributed by atoms with E-state index in [0.717, 1.165) is 22.0 Å². The van der Waals surface area contributed by atoms with Crippen molar-refractivity contribution in [1.29, 1.82) is 0 Å². The predicted octanol–water partition coefficient (Wildman–Crippen LogP) is 2.84. The van der Waals surface area contributed by atoms with E-state index in [1.54, 1.807) is 11.3 Å². The van der Waals surface area contributed by atoms with Crippen LogP contribution in [0.4, 0.5) is 0 Å². The molecule has 1 aromatic heterocycles. The average molecular weight is 199 g/mol. The smallest absolute Gasteiger partial charge is 0.0903 e. The second kappa shape index (κ2) is 4.20. The topological polar surface area (TPSA) is 33.1 Å². The molecule has 13 heavy (non-hydrogen) atoms. The van der Waals surface area contributed by atoms with Gasteiger partial charge in [-0.05, 0) is 26.2 Å². The highest BCUT2D eigenvalue weighted by Gasteiger charge is 2.15. The van der Waals surface area contributed by atoms with Crippen LogP contribution in [-0.4, -0.2) is 10.1 Å². The predicted molar refractivity (Wildman–Crippen MR) is 56.0 cm³/mol. The van der Waals surface area contributed by atoms with Crippen molar-refractivity contribution in [3.8, 4) is 0 Å². The number of hydrogen-bond donors (Lipinski definition) is 1. The van der Waals surface area contributed by atoms with Gasteiger partial charge in [-0.2, -0.15) is 0 Å². The monoisotopic (exact) mass is 199 g/mol. The van der Waals surface area contributed by atoms with Gasteiger partial charge in [0.15, 0.2) is 0 Å². The Morgan fingerprint density at radius 3 is 2.38 bits per heavy atom. The molecule has 0 bridgehead atoms. The zero-order valence-electron chi connectivity index (χ0n) is 8.66. The first-order chi connectivity index (χ1) is 6.00. The fourth-order valence-corrected chi connectivity index (χ4v) is 2.34. The van der Waals surface area contributed by atoms with Crippen molar-refractivity contribution in [2.75, 3.05) is 0 Å². The summed E-state index contributed by atoms with van der Waals surface area (Å²) in [6, 6.07) is 0. The highest BCUT2D eigenvalue weighted by atomic mass is 32.1. The quantitative estimate of drug-likeness (QED) is 0.812. The Kier molecular flexibility index (Phi) is 3.45. The fraction of sp³-hybridized carbons (Fsp3) is 0.700. The maximum atomic E-state index is 9.86. The molecule has 3 heteroatoms. The number of hydrogen-bond acceptors (Lipinski definition) is 3. The molecule has 0 spiro atoms. The van der Waals surface area contributed by atoms with Gasteiger partial charge in [0.2, 0.25) is 0 Å². The molecular weight excluding hydrogens is 182 g/mol. The first-order valence-corrected chi connectivity index (χ1v) is 5.44. The van der Waals surface area contributed by atoms with Gasteiger partial charge < -0.3 is 5.11 Å². The molecule has 0 radical (unpaired) electrons. The molecule has 1 rings (SSSR count). The summed E-state index contributed by atoms with van der Waals surface area (Å²) in [5.41, 5.74) is 0.982. The second-order valence-corrected chi connectivity index (χ2v) is 5.06. The highest BCUT2D eigenvalue weighted by Crippen LogP contribution is 2.28. The Bertz CT molecular complexity index is 280. The molecule has 1 heterocycles. The van der Waals surface area contributed by atoms with Crippen molar-refractivity contribution in [2.24, 2.45) is 5.92 Å². The van der Waals surface area contributed by atoms with Crippen molar-refractivity contribution in [2.45, 2.75) is 40.2 Å². The summed E-state index contributed by atoms with van der Waals surface area (Å²) in [6.45, 7) is 8.17. The number of rotatable bonds is 3. The summed E-state index contributed by atoms with van der Waals surface area (Å²) < 4.78 is 0. The zero-order chi connectivity index (χ0) is 10.0. The normalized spacial score (nSPS) is 13.7. The lowest BCUT2D eigenvalue weighted by Crippen LogP contribution is -2.01. The van der Waals surface area contributed by atoms with Crippen molar-refractivity contribution in [3.05, 3.63) is 15.6 Å². The van der Waals surface area contributed by atoms with E-state index in [1.807, 2.05) is 13.8 Å². The van der Waals surface area contributed by atoms with Gasteiger partial charge in [-0.1, -0.05) is 13.8 Å². The first-order valence-electron chi connectivity index (χ1n) is 4.62. The molecule has 0 aromatic carbocycles. The lowest BCUT2D eigenvalue weighted by Gasteiger charge is -2.11. The number of aliphatic hydroxyl groups excluding tert-OH is 1. The van der Waals surface area contributed by atoms with Crippen LogP contribution in [0.25, 0.3) is 0 Å². The Morgan fingerprint density at radius 1 is 1.38 bits per heavy atom. The van der Waals surface area contributed by atoms with E-state index in [-0.39, 0.29) is 6.10 Å². The van der Waals surface area contributed by atoms with E-state index in [9.17, 15) is 5.11 Å². The summed E-state index contributed by atoms with van der Waals surface area (Å²) in [4.78, 5) is 5.33. The SMILES string of the molecule is Cc1nc(C)c(C(O)CC(C)C)s1. The fourth-order valence-electron chi connectivity index (χ4n) is 1.41. The minimum atomic E-state index is -0.328. The molecule has 1 aromatic rings.